The van der Waals surface area contributed by atoms with E-state index >= 15 is 0 Å². The van der Waals surface area contributed by atoms with Gasteiger partial charge < -0.3 is 4.74 Å². The lowest BCUT2D eigenvalue weighted by molar-refractivity contribution is 0.381. The maximum Gasteiger partial charge on any atom is 0.200 e. The van der Waals surface area contributed by atoms with E-state index in [0.717, 1.165) is 6.21 Å². The Bertz CT molecular complexity index is 801. The fraction of sp³-hybridized carbons (Fsp3) is 0.0714. The molecule has 0 saturated carbocycles. The van der Waals surface area contributed by atoms with E-state index in [1.807, 2.05) is 0 Å². The number of hydrogen-bond donors (Lipinski definition) is 1. The second-order valence-corrected chi connectivity index (χ2v) is 5.17. The molecular weight excluding hydrogens is 378 g/mol. The number of benzene rings is 2. The summed E-state index contributed by atoms with van der Waals surface area (Å²) < 4.78 is 71.0. The average molecular weight is 385 g/mol. The summed E-state index contributed by atoms with van der Waals surface area (Å²) in [5.41, 5.74) is 0.678. The minimum Gasteiger partial charge on any atom is -0.495 e. The molecule has 0 aliphatic carbocycles. The Labute approximate surface area is 142 Å². The molecule has 0 aliphatic rings. The van der Waals surface area contributed by atoms with Gasteiger partial charge in [-0.2, -0.15) is 5.10 Å². The second-order valence-electron chi connectivity index (χ2n) is 4.33. The van der Waals surface area contributed by atoms with Gasteiger partial charge in [0.1, 0.15) is 11.4 Å². The molecule has 3 nitrogen and oxygen atoms in total. The highest BCUT2D eigenvalue weighted by atomic mass is 35.5. The van der Waals surface area contributed by atoms with Gasteiger partial charge in [0.25, 0.3) is 0 Å². The van der Waals surface area contributed by atoms with Crippen LogP contribution in [-0.2, 0) is 0 Å². The van der Waals surface area contributed by atoms with Crippen molar-refractivity contribution >= 4 is 35.1 Å². The Hall–Kier alpha value is -2.06. The van der Waals surface area contributed by atoms with Crippen molar-refractivity contribution in [3.8, 4) is 5.75 Å². The maximum absolute atomic E-state index is 13.5. The lowest BCUT2D eigenvalue weighted by Crippen LogP contribution is -2.06. The molecule has 0 amide bonds. The van der Waals surface area contributed by atoms with E-state index in [1.54, 1.807) is 5.43 Å². The van der Waals surface area contributed by atoms with Gasteiger partial charge >= 0.3 is 0 Å². The predicted octanol–water partition coefficient (Wildman–Crippen LogP) is 5.14. The summed E-state index contributed by atoms with van der Waals surface area (Å²) in [6.45, 7) is 0. The summed E-state index contributed by atoms with van der Waals surface area (Å²) >= 11 is 11.7. The molecular formula is C14H7Cl2F5N2O. The van der Waals surface area contributed by atoms with Gasteiger partial charge in [0.15, 0.2) is 23.3 Å². The van der Waals surface area contributed by atoms with Crippen LogP contribution in [0.2, 0.25) is 10.0 Å². The third kappa shape index (κ3) is 3.39. The lowest BCUT2D eigenvalue weighted by Gasteiger charge is -2.09. The van der Waals surface area contributed by atoms with Crippen LogP contribution in [0.15, 0.2) is 17.2 Å². The molecule has 0 aliphatic heterocycles. The summed E-state index contributed by atoms with van der Waals surface area (Å²) in [4.78, 5) is 0. The standard InChI is InChI=1S/C14H7Cl2F5N2O/c1-24-14-5(2-6(15)3-7(14)16)4-22-23-13-11(20)9(18)8(17)10(19)12(13)21/h2-4,23H,1H3/b22-4-. The molecule has 0 bridgehead atoms. The molecule has 0 fully saturated rings. The molecule has 0 heterocycles. The molecule has 1 N–H and O–H groups in total. The summed E-state index contributed by atoms with van der Waals surface area (Å²) in [7, 11) is 1.31. The second kappa shape index (κ2) is 7.23. The van der Waals surface area contributed by atoms with Gasteiger partial charge in [-0.25, -0.2) is 22.0 Å². The molecule has 2 aromatic rings. The third-order valence-corrected chi connectivity index (χ3v) is 3.33. The van der Waals surface area contributed by atoms with Crippen molar-refractivity contribution in [1.29, 1.82) is 0 Å². The molecule has 10 heteroatoms. The zero-order valence-electron chi connectivity index (χ0n) is 11.7. The minimum absolute atomic E-state index is 0.141. The number of rotatable bonds is 4. The highest BCUT2D eigenvalue weighted by molar-refractivity contribution is 6.36. The normalized spacial score (nSPS) is 11.2. The highest BCUT2D eigenvalue weighted by Gasteiger charge is 2.25. The highest BCUT2D eigenvalue weighted by Crippen LogP contribution is 2.31. The molecule has 0 atom stereocenters. The van der Waals surface area contributed by atoms with Gasteiger partial charge in [-0.3, -0.25) is 5.43 Å². The summed E-state index contributed by atoms with van der Waals surface area (Å²) in [6, 6.07) is 2.76. The van der Waals surface area contributed by atoms with Gasteiger partial charge in [-0.1, -0.05) is 23.2 Å². The first-order chi connectivity index (χ1) is 11.3. The number of halogens is 7. The number of hydrazone groups is 1. The number of nitrogens with one attached hydrogen (secondary N) is 1. The van der Waals surface area contributed by atoms with Crippen molar-refractivity contribution in [2.45, 2.75) is 0 Å². The van der Waals surface area contributed by atoms with Gasteiger partial charge in [-0.15, -0.1) is 0 Å². The third-order valence-electron chi connectivity index (χ3n) is 2.83. The topological polar surface area (TPSA) is 33.6 Å². The maximum atomic E-state index is 13.5. The fourth-order valence-corrected chi connectivity index (χ4v) is 2.35. The summed E-state index contributed by atoms with van der Waals surface area (Å²) in [5.74, 6) is -10.4. The minimum atomic E-state index is -2.26. The molecule has 0 saturated heterocycles. The van der Waals surface area contributed by atoms with Gasteiger partial charge in [0.05, 0.1) is 18.3 Å². The first-order valence-corrected chi connectivity index (χ1v) is 6.87. The SMILES string of the molecule is COc1c(Cl)cc(Cl)cc1/C=N\Nc1c(F)c(F)c(F)c(F)c1F. The van der Waals surface area contributed by atoms with E-state index in [9.17, 15) is 22.0 Å². The number of nitrogens with zero attached hydrogens (tertiary/aromatic N) is 1. The van der Waals surface area contributed by atoms with Crippen LogP contribution in [0.5, 0.6) is 5.75 Å². The Morgan fingerprint density at radius 1 is 0.958 bits per heavy atom. The smallest absolute Gasteiger partial charge is 0.200 e. The molecule has 0 unspecified atom stereocenters. The molecule has 128 valence electrons. The van der Waals surface area contributed by atoms with Crippen LogP contribution in [0, 0.1) is 29.1 Å². The first kappa shape index (κ1) is 18.3. The van der Waals surface area contributed by atoms with Crippen LogP contribution in [-0.4, -0.2) is 13.3 Å². The number of ether oxygens (including phenoxy) is 1. The van der Waals surface area contributed by atoms with Gasteiger partial charge in [0.2, 0.25) is 5.82 Å². The Morgan fingerprint density at radius 3 is 2.04 bits per heavy atom. The van der Waals surface area contributed by atoms with Gasteiger partial charge in [-0.05, 0) is 12.1 Å². The number of anilines is 1. The Kier molecular flexibility index (Phi) is 5.51. The number of methoxy groups -OCH3 is 1. The van der Waals surface area contributed by atoms with E-state index < -0.39 is 34.8 Å². The molecule has 2 aromatic carbocycles. The van der Waals surface area contributed by atoms with Crippen LogP contribution in [0.3, 0.4) is 0 Å². The van der Waals surface area contributed by atoms with Crippen molar-refractivity contribution in [2.75, 3.05) is 12.5 Å². The van der Waals surface area contributed by atoms with Crippen LogP contribution in [0.4, 0.5) is 27.6 Å². The zero-order valence-corrected chi connectivity index (χ0v) is 13.2. The van der Waals surface area contributed by atoms with E-state index in [-0.39, 0.29) is 21.4 Å². The molecule has 0 aromatic heterocycles. The van der Waals surface area contributed by atoms with Crippen molar-refractivity contribution in [2.24, 2.45) is 5.10 Å². The van der Waals surface area contributed by atoms with E-state index in [2.05, 4.69) is 5.10 Å². The first-order valence-electron chi connectivity index (χ1n) is 6.11. The molecule has 24 heavy (non-hydrogen) atoms. The van der Waals surface area contributed by atoms with Crippen molar-refractivity contribution in [3.63, 3.8) is 0 Å². The van der Waals surface area contributed by atoms with E-state index in [0.29, 0.717) is 0 Å². The Balaban J connectivity index is 2.38. The summed E-state index contributed by atoms with van der Waals surface area (Å²) in [6.07, 6.45) is 0.995. The molecule has 2 rings (SSSR count). The van der Waals surface area contributed by atoms with E-state index in [4.69, 9.17) is 27.9 Å². The van der Waals surface area contributed by atoms with Crippen molar-refractivity contribution in [1.82, 2.24) is 0 Å². The summed E-state index contributed by atoms with van der Waals surface area (Å²) in [5, 5.41) is 3.79. The zero-order chi connectivity index (χ0) is 18.0. The quantitative estimate of drug-likeness (QED) is 0.260. The van der Waals surface area contributed by atoms with Crippen LogP contribution in [0.1, 0.15) is 5.56 Å². The van der Waals surface area contributed by atoms with Crippen molar-refractivity contribution in [3.05, 3.63) is 56.8 Å². The Morgan fingerprint density at radius 2 is 1.50 bits per heavy atom. The van der Waals surface area contributed by atoms with Crippen molar-refractivity contribution < 1.29 is 26.7 Å². The number of hydrogen-bond acceptors (Lipinski definition) is 3. The van der Waals surface area contributed by atoms with Crippen LogP contribution < -0.4 is 10.2 Å². The largest absolute Gasteiger partial charge is 0.495 e. The van der Waals surface area contributed by atoms with Gasteiger partial charge in [0, 0.05) is 10.6 Å². The predicted molar refractivity (Wildman–Crippen MR) is 80.5 cm³/mol. The molecule has 0 spiro atoms. The fourth-order valence-electron chi connectivity index (χ4n) is 1.76. The monoisotopic (exact) mass is 384 g/mol. The molecule has 0 radical (unpaired) electrons. The van der Waals surface area contributed by atoms with E-state index in [1.165, 1.54) is 19.2 Å². The van der Waals surface area contributed by atoms with Crippen LogP contribution in [0.25, 0.3) is 0 Å². The lowest BCUT2D eigenvalue weighted by atomic mass is 10.2. The van der Waals surface area contributed by atoms with Crippen LogP contribution >= 0.6 is 23.2 Å². The average Bonchev–Trinajstić information content (AvgIpc) is 2.54.